The monoisotopic (exact) mass is 462 g/mol. The molecule has 0 amide bonds. The molecule has 3 rings (SSSR count). The maximum atomic E-state index is 13.7. The molecular weight excluding hydrogens is 453 g/mol. The number of aryl methyl sites for hydroxylation is 1. The zero-order chi connectivity index (χ0) is 17.4. The summed E-state index contributed by atoms with van der Waals surface area (Å²) in [6.45, 7) is 1.36. The predicted octanol–water partition coefficient (Wildman–Crippen LogP) is 4.73. The standard InChI is InChI=1S/C16H10ClF2IN2O2/c1-8-14(15(20)23)22-6-9(17)5-13(16(22)21-8)24-7-10-11(18)3-2-4-12(10)19/h2-6H,7H2,1H3. The third-order valence-corrected chi connectivity index (χ3v) is 4.16. The minimum absolute atomic E-state index is 0.191. The Hall–Kier alpha value is -1.74. The van der Waals surface area contributed by atoms with Gasteiger partial charge < -0.3 is 4.74 Å². The highest BCUT2D eigenvalue weighted by atomic mass is 127. The number of halogens is 4. The SMILES string of the molecule is Cc1nc2c(OCc3c(F)cccc3F)cc(Cl)cn2c1C(=O)I. The number of hydrogen-bond donors (Lipinski definition) is 0. The van der Waals surface area contributed by atoms with Crippen LogP contribution in [0.25, 0.3) is 5.65 Å². The Morgan fingerprint density at radius 2 is 2.04 bits per heavy atom. The lowest BCUT2D eigenvalue weighted by Gasteiger charge is -2.10. The number of fused-ring (bicyclic) bond motifs is 1. The maximum Gasteiger partial charge on any atom is 0.240 e. The maximum absolute atomic E-state index is 13.7. The molecule has 0 N–H and O–H groups in total. The zero-order valence-corrected chi connectivity index (χ0v) is 15.2. The van der Waals surface area contributed by atoms with E-state index in [-0.39, 0.29) is 21.7 Å². The number of aromatic nitrogens is 2. The first-order valence-electron chi connectivity index (χ1n) is 6.82. The zero-order valence-electron chi connectivity index (χ0n) is 12.3. The van der Waals surface area contributed by atoms with Gasteiger partial charge in [0.15, 0.2) is 11.4 Å². The highest BCUT2D eigenvalue weighted by Crippen LogP contribution is 2.28. The number of hydrogen-bond acceptors (Lipinski definition) is 3. The van der Waals surface area contributed by atoms with Crippen LogP contribution in [0.15, 0.2) is 30.5 Å². The molecule has 0 aliphatic carbocycles. The van der Waals surface area contributed by atoms with Crippen LogP contribution in [0.5, 0.6) is 5.75 Å². The number of imidazole rings is 1. The van der Waals surface area contributed by atoms with Crippen molar-refractivity contribution in [2.24, 2.45) is 0 Å². The van der Waals surface area contributed by atoms with E-state index in [2.05, 4.69) is 4.98 Å². The van der Waals surface area contributed by atoms with E-state index in [0.29, 0.717) is 22.1 Å². The Morgan fingerprint density at radius 1 is 1.38 bits per heavy atom. The van der Waals surface area contributed by atoms with Gasteiger partial charge in [-0.15, -0.1) is 0 Å². The molecule has 0 unspecified atom stereocenters. The van der Waals surface area contributed by atoms with Gasteiger partial charge in [-0.3, -0.25) is 9.20 Å². The molecule has 0 saturated heterocycles. The number of carbonyl (C=O) groups is 1. The highest BCUT2D eigenvalue weighted by molar-refractivity contribution is 14.1. The van der Waals surface area contributed by atoms with Crippen LogP contribution >= 0.6 is 34.2 Å². The second-order valence-electron chi connectivity index (χ2n) is 5.02. The molecular formula is C16H10ClF2IN2O2. The molecule has 0 fully saturated rings. The van der Waals surface area contributed by atoms with E-state index in [9.17, 15) is 13.6 Å². The molecule has 0 aliphatic rings. The van der Waals surface area contributed by atoms with Crippen molar-refractivity contribution in [2.75, 3.05) is 0 Å². The van der Waals surface area contributed by atoms with E-state index in [1.807, 2.05) is 0 Å². The van der Waals surface area contributed by atoms with Crippen molar-refractivity contribution in [3.8, 4) is 5.75 Å². The quantitative estimate of drug-likeness (QED) is 0.416. The first-order chi connectivity index (χ1) is 11.4. The fourth-order valence-electron chi connectivity index (χ4n) is 2.36. The lowest BCUT2D eigenvalue weighted by atomic mass is 10.2. The van der Waals surface area contributed by atoms with Crippen molar-refractivity contribution in [3.63, 3.8) is 0 Å². The van der Waals surface area contributed by atoms with Crippen molar-refractivity contribution < 1.29 is 18.3 Å². The Kier molecular flexibility index (Phi) is 4.73. The summed E-state index contributed by atoms with van der Waals surface area (Å²) in [5.74, 6) is -1.16. The van der Waals surface area contributed by atoms with Crippen molar-refractivity contribution in [1.29, 1.82) is 0 Å². The summed E-state index contributed by atoms with van der Waals surface area (Å²) in [6, 6.07) is 5.08. The van der Waals surface area contributed by atoms with E-state index < -0.39 is 11.6 Å². The average molecular weight is 463 g/mol. The molecule has 0 radical (unpaired) electrons. The third kappa shape index (κ3) is 3.10. The van der Waals surface area contributed by atoms with Gasteiger partial charge in [0.25, 0.3) is 0 Å². The van der Waals surface area contributed by atoms with E-state index in [1.54, 1.807) is 35.7 Å². The van der Waals surface area contributed by atoms with Gasteiger partial charge in [0, 0.05) is 34.9 Å². The van der Waals surface area contributed by atoms with E-state index in [0.717, 1.165) is 12.1 Å². The Balaban J connectivity index is 2.04. The topological polar surface area (TPSA) is 43.6 Å². The first-order valence-corrected chi connectivity index (χ1v) is 8.28. The molecule has 124 valence electrons. The highest BCUT2D eigenvalue weighted by Gasteiger charge is 2.18. The molecule has 3 aromatic rings. The number of ether oxygens (including phenoxy) is 1. The normalized spacial score (nSPS) is 11.0. The van der Waals surface area contributed by atoms with Crippen LogP contribution < -0.4 is 4.74 Å². The fraction of sp³-hybridized carbons (Fsp3) is 0.125. The summed E-state index contributed by atoms with van der Waals surface area (Å²) in [6.07, 6.45) is 1.54. The smallest absolute Gasteiger partial charge is 0.240 e. The van der Waals surface area contributed by atoms with Crippen LogP contribution in [0.4, 0.5) is 8.78 Å². The molecule has 0 bridgehead atoms. The van der Waals surface area contributed by atoms with Crippen LogP contribution in [-0.4, -0.2) is 13.2 Å². The van der Waals surface area contributed by atoms with E-state index in [1.165, 1.54) is 16.5 Å². The molecule has 24 heavy (non-hydrogen) atoms. The van der Waals surface area contributed by atoms with Crippen LogP contribution in [0.3, 0.4) is 0 Å². The summed E-state index contributed by atoms with van der Waals surface area (Å²) in [7, 11) is 0. The number of carbonyl (C=O) groups excluding carboxylic acids is 1. The summed E-state index contributed by atoms with van der Waals surface area (Å²) in [4.78, 5) is 16.1. The molecule has 0 aliphatic heterocycles. The van der Waals surface area contributed by atoms with Crippen LogP contribution in [-0.2, 0) is 6.61 Å². The van der Waals surface area contributed by atoms with Crippen LogP contribution in [0, 0.1) is 18.6 Å². The summed E-state index contributed by atoms with van der Waals surface area (Å²) in [5, 5.41) is 0.308. The molecule has 8 heteroatoms. The molecule has 0 atom stereocenters. The minimum Gasteiger partial charge on any atom is -0.485 e. The molecule has 0 spiro atoms. The van der Waals surface area contributed by atoms with Crippen molar-refractivity contribution >= 4 is 43.6 Å². The van der Waals surface area contributed by atoms with Gasteiger partial charge in [-0.1, -0.05) is 17.7 Å². The third-order valence-electron chi connectivity index (χ3n) is 3.45. The largest absolute Gasteiger partial charge is 0.485 e. The Morgan fingerprint density at radius 3 is 2.67 bits per heavy atom. The number of nitrogens with zero attached hydrogens (tertiary/aromatic N) is 2. The first kappa shape index (κ1) is 17.1. The minimum atomic E-state index is -0.698. The van der Waals surface area contributed by atoms with Gasteiger partial charge in [0.1, 0.15) is 23.9 Å². The molecule has 4 nitrogen and oxygen atoms in total. The Bertz CT molecular complexity index is 939. The lowest BCUT2D eigenvalue weighted by molar-refractivity contribution is 0.110. The summed E-state index contributed by atoms with van der Waals surface area (Å²) >= 11 is 7.72. The average Bonchev–Trinajstić information content (AvgIpc) is 2.82. The van der Waals surface area contributed by atoms with Crippen molar-refractivity contribution in [1.82, 2.24) is 9.38 Å². The van der Waals surface area contributed by atoms with Crippen LogP contribution in [0.2, 0.25) is 5.02 Å². The molecule has 2 aromatic heterocycles. The van der Waals surface area contributed by atoms with E-state index in [4.69, 9.17) is 16.3 Å². The van der Waals surface area contributed by atoms with E-state index >= 15 is 0 Å². The van der Waals surface area contributed by atoms with Gasteiger partial charge in [-0.05, 0) is 19.1 Å². The number of rotatable bonds is 4. The van der Waals surface area contributed by atoms with Gasteiger partial charge in [0.2, 0.25) is 3.79 Å². The predicted molar refractivity (Wildman–Crippen MR) is 94.0 cm³/mol. The van der Waals surface area contributed by atoms with Gasteiger partial charge in [-0.25, -0.2) is 13.8 Å². The van der Waals surface area contributed by atoms with Gasteiger partial charge >= 0.3 is 0 Å². The van der Waals surface area contributed by atoms with Gasteiger partial charge in [0.05, 0.1) is 16.3 Å². The number of pyridine rings is 1. The number of benzene rings is 1. The molecule has 0 saturated carbocycles. The van der Waals surface area contributed by atoms with Crippen molar-refractivity contribution in [3.05, 3.63) is 64.1 Å². The van der Waals surface area contributed by atoms with Crippen molar-refractivity contribution in [2.45, 2.75) is 13.5 Å². The molecule has 2 heterocycles. The second-order valence-corrected chi connectivity index (χ2v) is 6.44. The summed E-state index contributed by atoms with van der Waals surface area (Å²) in [5.41, 5.74) is 1.05. The summed E-state index contributed by atoms with van der Waals surface area (Å²) < 4.78 is 34.3. The molecule has 1 aromatic carbocycles. The lowest BCUT2D eigenvalue weighted by Crippen LogP contribution is -2.04. The van der Waals surface area contributed by atoms with Crippen LogP contribution in [0.1, 0.15) is 21.7 Å². The fourth-order valence-corrected chi connectivity index (χ4v) is 3.21. The second kappa shape index (κ2) is 6.64. The van der Waals surface area contributed by atoms with Gasteiger partial charge in [-0.2, -0.15) is 0 Å². The Labute approximate surface area is 154 Å².